The number of benzene rings is 7. The Balaban J connectivity index is 1.34. The van der Waals surface area contributed by atoms with Crippen molar-refractivity contribution in [3.05, 3.63) is 170 Å². The zero-order valence-corrected chi connectivity index (χ0v) is 25.8. The monoisotopic (exact) mass is 598 g/mol. The Morgan fingerprint density at radius 2 is 0.979 bits per heavy atom. The maximum atomic E-state index is 5.22. The van der Waals surface area contributed by atoms with E-state index >= 15 is 0 Å². The zero-order chi connectivity index (χ0) is 31.5. The molecule has 2 aromatic heterocycles. The van der Waals surface area contributed by atoms with Crippen LogP contribution in [0.1, 0.15) is 11.3 Å². The largest absolute Gasteiger partial charge is 0.292 e. The van der Waals surface area contributed by atoms with E-state index in [0.29, 0.717) is 0 Å². The van der Waals surface area contributed by atoms with Gasteiger partial charge in [-0.2, -0.15) is 0 Å². The van der Waals surface area contributed by atoms with Crippen molar-refractivity contribution >= 4 is 61.1 Å². The number of fused-ring (bicyclic) bond motifs is 7. The van der Waals surface area contributed by atoms with Gasteiger partial charge in [-0.3, -0.25) is 4.40 Å². The molecule has 0 aliphatic rings. The summed E-state index contributed by atoms with van der Waals surface area (Å²) in [6.45, 7) is 8.30. The SMILES string of the molecule is C=Cc1c(C=C)n2c3ccc(-c4ccc5c(-c6ccccc6)c6ccccc6c(-c6ccccc6)c5c4)cc3nc2c2ccccc12. The summed E-state index contributed by atoms with van der Waals surface area (Å²) in [6, 6.07) is 52.3. The predicted octanol–water partition coefficient (Wildman–Crippen LogP) is 12.2. The van der Waals surface area contributed by atoms with Gasteiger partial charge < -0.3 is 0 Å². The number of aromatic nitrogens is 2. The summed E-state index contributed by atoms with van der Waals surface area (Å²) >= 11 is 0. The van der Waals surface area contributed by atoms with E-state index in [-0.39, 0.29) is 0 Å². The molecule has 47 heavy (non-hydrogen) atoms. The lowest BCUT2D eigenvalue weighted by atomic mass is 9.85. The maximum absolute atomic E-state index is 5.22. The average molecular weight is 599 g/mol. The van der Waals surface area contributed by atoms with Crippen molar-refractivity contribution in [3.8, 4) is 33.4 Å². The van der Waals surface area contributed by atoms with Crippen LogP contribution in [-0.2, 0) is 0 Å². The molecule has 0 aliphatic heterocycles. The minimum Gasteiger partial charge on any atom is -0.292 e. The third-order valence-corrected chi connectivity index (χ3v) is 9.51. The first kappa shape index (κ1) is 27.1. The van der Waals surface area contributed by atoms with Crippen molar-refractivity contribution in [3.63, 3.8) is 0 Å². The van der Waals surface area contributed by atoms with Gasteiger partial charge in [0, 0.05) is 10.9 Å². The van der Waals surface area contributed by atoms with E-state index in [1.807, 2.05) is 12.2 Å². The molecule has 9 rings (SSSR count). The normalized spacial score (nSPS) is 11.6. The van der Waals surface area contributed by atoms with E-state index < -0.39 is 0 Å². The van der Waals surface area contributed by atoms with Crippen LogP contribution in [0, 0.1) is 0 Å². The fourth-order valence-corrected chi connectivity index (χ4v) is 7.46. The second kappa shape index (κ2) is 10.7. The first-order chi connectivity index (χ1) is 23.2. The summed E-state index contributed by atoms with van der Waals surface area (Å²) in [5, 5.41) is 7.21. The molecule has 2 heteroatoms. The second-order valence-corrected chi connectivity index (χ2v) is 12.0. The molecule has 0 saturated heterocycles. The number of hydrogen-bond acceptors (Lipinski definition) is 1. The van der Waals surface area contributed by atoms with E-state index in [0.717, 1.165) is 49.8 Å². The van der Waals surface area contributed by atoms with Gasteiger partial charge in [0.15, 0.2) is 0 Å². The summed E-state index contributed by atoms with van der Waals surface area (Å²) in [4.78, 5) is 5.22. The van der Waals surface area contributed by atoms with Gasteiger partial charge in [-0.15, -0.1) is 0 Å². The second-order valence-electron chi connectivity index (χ2n) is 12.0. The molecule has 7 aromatic carbocycles. The molecule has 0 saturated carbocycles. The number of imidazole rings is 1. The van der Waals surface area contributed by atoms with E-state index in [4.69, 9.17) is 4.98 Å². The lowest BCUT2D eigenvalue weighted by Gasteiger charge is -2.18. The highest BCUT2D eigenvalue weighted by Crippen LogP contribution is 2.45. The Hall–Kier alpha value is -6.25. The molecule has 0 atom stereocenters. The highest BCUT2D eigenvalue weighted by molar-refractivity contribution is 6.22. The van der Waals surface area contributed by atoms with E-state index in [9.17, 15) is 0 Å². The Labute approximate surface area is 273 Å². The Bertz CT molecular complexity index is 2700. The van der Waals surface area contributed by atoms with Gasteiger partial charge in [-0.05, 0) is 84.6 Å². The molecular formula is C45H30N2. The van der Waals surface area contributed by atoms with Gasteiger partial charge in [0.1, 0.15) is 5.65 Å². The highest BCUT2D eigenvalue weighted by atomic mass is 15.0. The van der Waals surface area contributed by atoms with Crippen molar-refractivity contribution < 1.29 is 0 Å². The molecule has 0 amide bonds. The first-order valence-electron chi connectivity index (χ1n) is 16.0. The maximum Gasteiger partial charge on any atom is 0.146 e. The topological polar surface area (TPSA) is 17.3 Å². The van der Waals surface area contributed by atoms with E-state index in [1.165, 1.54) is 43.8 Å². The van der Waals surface area contributed by atoms with E-state index in [1.54, 1.807) is 0 Å². The standard InChI is InChI=1S/C45H30N2/c1-3-33-34-19-11-14-22-38(34)45-46-40-28-32(24-26-42(40)47(45)41(33)4-2)31-23-25-37-39(27-31)44(30-17-9-6-10-18-30)36-21-13-12-20-35(36)43(37)29-15-7-5-8-16-29/h3-28H,1-2H2. The van der Waals surface area contributed by atoms with Crippen molar-refractivity contribution in [1.82, 2.24) is 9.38 Å². The summed E-state index contributed by atoms with van der Waals surface area (Å²) in [5.41, 5.74) is 12.2. The van der Waals surface area contributed by atoms with Crippen LogP contribution < -0.4 is 0 Å². The molecule has 9 aromatic rings. The number of hydrogen-bond donors (Lipinski definition) is 0. The molecule has 220 valence electrons. The Kier molecular flexibility index (Phi) is 6.16. The van der Waals surface area contributed by atoms with Crippen LogP contribution in [0.2, 0.25) is 0 Å². The van der Waals surface area contributed by atoms with Crippen LogP contribution in [0.5, 0.6) is 0 Å². The summed E-state index contributed by atoms with van der Waals surface area (Å²) in [5.74, 6) is 0. The number of rotatable bonds is 5. The third-order valence-electron chi connectivity index (χ3n) is 9.51. The molecule has 0 bridgehead atoms. The van der Waals surface area contributed by atoms with Crippen LogP contribution >= 0.6 is 0 Å². The van der Waals surface area contributed by atoms with Gasteiger partial charge in [0.05, 0.1) is 16.7 Å². The summed E-state index contributed by atoms with van der Waals surface area (Å²) in [7, 11) is 0. The van der Waals surface area contributed by atoms with Crippen LogP contribution in [-0.4, -0.2) is 9.38 Å². The summed E-state index contributed by atoms with van der Waals surface area (Å²) in [6.07, 6.45) is 3.83. The number of nitrogens with zero attached hydrogens (tertiary/aromatic N) is 2. The average Bonchev–Trinajstić information content (AvgIpc) is 3.52. The van der Waals surface area contributed by atoms with Crippen LogP contribution in [0.3, 0.4) is 0 Å². The lowest BCUT2D eigenvalue weighted by Crippen LogP contribution is -1.97. The Morgan fingerprint density at radius 1 is 0.447 bits per heavy atom. The first-order valence-corrected chi connectivity index (χ1v) is 16.0. The van der Waals surface area contributed by atoms with Gasteiger partial charge in [0.2, 0.25) is 0 Å². The quantitative estimate of drug-likeness (QED) is 0.180. The van der Waals surface area contributed by atoms with Crippen molar-refractivity contribution in [2.45, 2.75) is 0 Å². The smallest absolute Gasteiger partial charge is 0.146 e. The fourth-order valence-electron chi connectivity index (χ4n) is 7.46. The lowest BCUT2D eigenvalue weighted by molar-refractivity contribution is 1.21. The predicted molar refractivity (Wildman–Crippen MR) is 202 cm³/mol. The third kappa shape index (κ3) is 4.09. The zero-order valence-electron chi connectivity index (χ0n) is 25.8. The minimum atomic E-state index is 0.928. The van der Waals surface area contributed by atoms with Crippen LogP contribution in [0.25, 0.3) is 94.5 Å². The molecule has 0 unspecified atom stereocenters. The van der Waals surface area contributed by atoms with Gasteiger partial charge in [0.25, 0.3) is 0 Å². The molecule has 0 radical (unpaired) electrons. The van der Waals surface area contributed by atoms with Crippen LogP contribution in [0.4, 0.5) is 0 Å². The van der Waals surface area contributed by atoms with Gasteiger partial charge in [-0.1, -0.05) is 147 Å². The van der Waals surface area contributed by atoms with Gasteiger partial charge >= 0.3 is 0 Å². The summed E-state index contributed by atoms with van der Waals surface area (Å²) < 4.78 is 2.22. The van der Waals surface area contributed by atoms with Crippen molar-refractivity contribution in [1.29, 1.82) is 0 Å². The Morgan fingerprint density at radius 3 is 1.62 bits per heavy atom. The molecule has 0 fully saturated rings. The van der Waals surface area contributed by atoms with Crippen LogP contribution in [0.15, 0.2) is 159 Å². The molecule has 0 N–H and O–H groups in total. The fraction of sp³-hybridized carbons (Fsp3) is 0. The molecule has 0 aliphatic carbocycles. The molecule has 2 nitrogen and oxygen atoms in total. The van der Waals surface area contributed by atoms with Gasteiger partial charge in [-0.25, -0.2) is 4.98 Å². The minimum absolute atomic E-state index is 0.928. The molecule has 0 spiro atoms. The molecule has 2 heterocycles. The highest BCUT2D eigenvalue weighted by Gasteiger charge is 2.19. The number of pyridine rings is 1. The van der Waals surface area contributed by atoms with E-state index in [2.05, 4.69) is 163 Å². The van der Waals surface area contributed by atoms with Crippen molar-refractivity contribution in [2.24, 2.45) is 0 Å². The van der Waals surface area contributed by atoms with Crippen molar-refractivity contribution in [2.75, 3.05) is 0 Å². The molecular weight excluding hydrogens is 569 g/mol.